The minimum Gasteiger partial charge on any atom is -0.332 e. The molecule has 0 aliphatic carbocycles. The van der Waals surface area contributed by atoms with Crippen molar-refractivity contribution in [3.05, 3.63) is 95.7 Å². The zero-order valence-electron chi connectivity index (χ0n) is 17.1. The van der Waals surface area contributed by atoms with E-state index in [1.54, 1.807) is 58.0 Å². The Morgan fingerprint density at radius 1 is 1.06 bits per heavy atom. The lowest BCUT2D eigenvalue weighted by molar-refractivity contribution is -0.116. The number of rotatable bonds is 6. The Hall–Kier alpha value is -3.91. The van der Waals surface area contributed by atoms with Crippen LogP contribution in [0.4, 0.5) is 10.1 Å². The highest BCUT2D eigenvalue weighted by atomic mass is 35.5. The molecule has 0 saturated carbocycles. The lowest BCUT2D eigenvalue weighted by Crippen LogP contribution is -2.35. The first kappa shape index (κ1) is 21.3. The molecule has 0 atom stereocenters. The lowest BCUT2D eigenvalue weighted by atomic mass is 10.2. The highest BCUT2D eigenvalue weighted by Gasteiger charge is 2.24. The Morgan fingerprint density at radius 2 is 1.75 bits per heavy atom. The van der Waals surface area contributed by atoms with Crippen LogP contribution in [0.25, 0.3) is 11.5 Å². The first-order valence-electron chi connectivity index (χ1n) is 9.71. The summed E-state index contributed by atoms with van der Waals surface area (Å²) in [5.74, 6) is -0.673. The van der Waals surface area contributed by atoms with Crippen molar-refractivity contribution >= 4 is 29.1 Å². The van der Waals surface area contributed by atoms with E-state index in [2.05, 4.69) is 10.4 Å². The molecule has 0 fully saturated rings. The van der Waals surface area contributed by atoms with Gasteiger partial charge in [-0.05, 0) is 48.5 Å². The Balaban J connectivity index is 1.60. The summed E-state index contributed by atoms with van der Waals surface area (Å²) in [6.07, 6.45) is 4.99. The molecule has 2 aromatic heterocycles. The van der Waals surface area contributed by atoms with E-state index in [1.807, 2.05) is 12.1 Å². The van der Waals surface area contributed by atoms with Crippen LogP contribution >= 0.6 is 11.6 Å². The van der Waals surface area contributed by atoms with Gasteiger partial charge in [-0.3, -0.25) is 9.59 Å². The standard InChI is InChI=1S/C23H19ClFN5O2/c1-28(15-21(31)27-20-7-3-2-6-19(20)24)23(32)18-14-26-30(17-10-8-16(25)9-11-17)22(18)29-12-4-5-13-29/h2-14H,15H2,1H3,(H,27,31). The summed E-state index contributed by atoms with van der Waals surface area (Å²) >= 11 is 6.08. The van der Waals surface area contributed by atoms with E-state index in [9.17, 15) is 14.0 Å². The van der Waals surface area contributed by atoms with Crippen LogP contribution in [0.3, 0.4) is 0 Å². The van der Waals surface area contributed by atoms with Crippen molar-refractivity contribution in [2.45, 2.75) is 0 Å². The number of hydrogen-bond acceptors (Lipinski definition) is 3. The minimum absolute atomic E-state index is 0.184. The molecule has 0 radical (unpaired) electrons. The molecule has 2 aromatic carbocycles. The monoisotopic (exact) mass is 451 g/mol. The van der Waals surface area contributed by atoms with Gasteiger partial charge in [-0.15, -0.1) is 0 Å². The molecule has 7 nitrogen and oxygen atoms in total. The minimum atomic E-state index is -0.392. The number of halogens is 2. The highest BCUT2D eigenvalue weighted by molar-refractivity contribution is 6.33. The van der Waals surface area contributed by atoms with Gasteiger partial charge in [0.2, 0.25) is 5.91 Å². The van der Waals surface area contributed by atoms with Gasteiger partial charge in [-0.25, -0.2) is 9.07 Å². The van der Waals surface area contributed by atoms with Gasteiger partial charge < -0.3 is 14.8 Å². The Bertz CT molecular complexity index is 1250. The number of carbonyl (C=O) groups is 2. The summed E-state index contributed by atoms with van der Waals surface area (Å²) in [4.78, 5) is 27.0. The topological polar surface area (TPSA) is 72.2 Å². The number of para-hydroxylation sites is 1. The maximum atomic E-state index is 13.4. The maximum Gasteiger partial charge on any atom is 0.259 e. The molecule has 162 valence electrons. The largest absolute Gasteiger partial charge is 0.332 e. The zero-order valence-corrected chi connectivity index (χ0v) is 17.8. The van der Waals surface area contributed by atoms with Crippen molar-refractivity contribution in [2.24, 2.45) is 0 Å². The molecule has 0 spiro atoms. The zero-order chi connectivity index (χ0) is 22.7. The number of carbonyl (C=O) groups excluding carboxylic acids is 2. The average Bonchev–Trinajstić information content (AvgIpc) is 3.45. The fraction of sp³-hybridized carbons (Fsp3) is 0.0870. The van der Waals surface area contributed by atoms with Crippen LogP contribution in [0.1, 0.15) is 10.4 Å². The van der Waals surface area contributed by atoms with Crippen LogP contribution in [-0.2, 0) is 4.79 Å². The molecule has 1 N–H and O–H groups in total. The fourth-order valence-corrected chi connectivity index (χ4v) is 3.42. The van der Waals surface area contributed by atoms with Gasteiger partial charge in [0.25, 0.3) is 5.91 Å². The van der Waals surface area contributed by atoms with E-state index >= 15 is 0 Å². The van der Waals surface area contributed by atoms with Crippen LogP contribution in [-0.4, -0.2) is 44.7 Å². The lowest BCUT2D eigenvalue weighted by Gasteiger charge is -2.18. The molecular weight excluding hydrogens is 433 g/mol. The van der Waals surface area contributed by atoms with Crippen LogP contribution in [0.2, 0.25) is 5.02 Å². The van der Waals surface area contributed by atoms with Crippen molar-refractivity contribution in [3.63, 3.8) is 0 Å². The number of amides is 2. The number of nitrogens with one attached hydrogen (secondary N) is 1. The summed E-state index contributed by atoms with van der Waals surface area (Å²) < 4.78 is 16.7. The number of hydrogen-bond donors (Lipinski definition) is 1. The summed E-state index contributed by atoms with van der Waals surface area (Å²) in [6.45, 7) is -0.184. The van der Waals surface area contributed by atoms with Crippen molar-refractivity contribution in [2.75, 3.05) is 18.9 Å². The molecule has 32 heavy (non-hydrogen) atoms. The van der Waals surface area contributed by atoms with Crippen LogP contribution in [0, 0.1) is 5.82 Å². The molecule has 4 rings (SSSR count). The van der Waals surface area contributed by atoms with Gasteiger partial charge in [0.1, 0.15) is 11.4 Å². The van der Waals surface area contributed by atoms with Crippen LogP contribution < -0.4 is 5.32 Å². The third-order valence-electron chi connectivity index (χ3n) is 4.77. The second-order valence-electron chi connectivity index (χ2n) is 7.05. The molecule has 0 unspecified atom stereocenters. The first-order chi connectivity index (χ1) is 15.4. The number of anilines is 1. The normalized spacial score (nSPS) is 10.7. The summed E-state index contributed by atoms with van der Waals surface area (Å²) in [5.41, 5.74) is 1.35. The van der Waals surface area contributed by atoms with Crippen molar-refractivity contribution < 1.29 is 14.0 Å². The Kier molecular flexibility index (Phi) is 6.04. The predicted octanol–water partition coefficient (Wildman–Crippen LogP) is 4.17. The third-order valence-corrected chi connectivity index (χ3v) is 5.10. The third kappa shape index (κ3) is 4.40. The van der Waals surface area contributed by atoms with Gasteiger partial charge >= 0.3 is 0 Å². The summed E-state index contributed by atoms with van der Waals surface area (Å²) in [7, 11) is 1.53. The van der Waals surface area contributed by atoms with Gasteiger partial charge in [0, 0.05) is 19.4 Å². The quantitative estimate of drug-likeness (QED) is 0.478. The summed E-state index contributed by atoms with van der Waals surface area (Å²) in [5, 5.41) is 7.45. The van der Waals surface area contributed by atoms with Gasteiger partial charge in [-0.2, -0.15) is 5.10 Å². The smallest absolute Gasteiger partial charge is 0.259 e. The van der Waals surface area contributed by atoms with Crippen molar-refractivity contribution in [1.82, 2.24) is 19.2 Å². The second kappa shape index (κ2) is 9.07. The van der Waals surface area contributed by atoms with Crippen LogP contribution in [0.5, 0.6) is 0 Å². The van der Waals surface area contributed by atoms with Gasteiger partial charge in [0.05, 0.1) is 29.1 Å². The van der Waals surface area contributed by atoms with Gasteiger partial charge in [0.15, 0.2) is 5.82 Å². The predicted molar refractivity (Wildman–Crippen MR) is 120 cm³/mol. The molecule has 9 heteroatoms. The molecule has 2 amide bonds. The Labute approximate surface area is 188 Å². The number of aromatic nitrogens is 3. The fourth-order valence-electron chi connectivity index (χ4n) is 3.23. The van der Waals surface area contributed by atoms with Crippen LogP contribution in [0.15, 0.2) is 79.3 Å². The van der Waals surface area contributed by atoms with Gasteiger partial charge in [-0.1, -0.05) is 23.7 Å². The SMILES string of the molecule is CN(CC(=O)Nc1ccccc1Cl)C(=O)c1cnn(-c2ccc(F)cc2)c1-n1cccc1. The maximum absolute atomic E-state index is 13.4. The van der Waals surface area contributed by atoms with E-state index < -0.39 is 5.91 Å². The average molecular weight is 452 g/mol. The van der Waals surface area contributed by atoms with E-state index in [-0.39, 0.29) is 18.3 Å². The van der Waals surface area contributed by atoms with E-state index in [0.717, 1.165) is 0 Å². The van der Waals surface area contributed by atoms with Crippen molar-refractivity contribution in [3.8, 4) is 11.5 Å². The first-order valence-corrected chi connectivity index (χ1v) is 10.1. The molecule has 0 aliphatic heterocycles. The van der Waals surface area contributed by atoms with E-state index in [0.29, 0.717) is 27.8 Å². The number of nitrogens with zero attached hydrogens (tertiary/aromatic N) is 4. The Morgan fingerprint density at radius 3 is 2.44 bits per heavy atom. The molecule has 0 saturated heterocycles. The molecular formula is C23H19ClFN5O2. The molecule has 2 heterocycles. The highest BCUT2D eigenvalue weighted by Crippen LogP contribution is 2.22. The van der Waals surface area contributed by atoms with E-state index in [1.165, 1.54) is 30.3 Å². The molecule has 4 aromatic rings. The van der Waals surface area contributed by atoms with Crippen molar-refractivity contribution in [1.29, 1.82) is 0 Å². The second-order valence-corrected chi connectivity index (χ2v) is 7.46. The number of likely N-dealkylation sites (N-methyl/N-ethyl adjacent to an activating group) is 1. The number of benzene rings is 2. The van der Waals surface area contributed by atoms with E-state index in [4.69, 9.17) is 11.6 Å². The molecule has 0 bridgehead atoms. The molecule has 0 aliphatic rings. The summed E-state index contributed by atoms with van der Waals surface area (Å²) in [6, 6.07) is 16.3.